The van der Waals surface area contributed by atoms with Crippen LogP contribution in [0.3, 0.4) is 0 Å². The molecule has 2 aromatic carbocycles. The molecule has 0 bridgehead atoms. The summed E-state index contributed by atoms with van der Waals surface area (Å²) < 4.78 is 33.6. The molecule has 11 heteroatoms. The third-order valence-electron chi connectivity index (χ3n) is 5.85. The quantitative estimate of drug-likeness (QED) is 0.498. The highest BCUT2D eigenvalue weighted by Crippen LogP contribution is 2.32. The summed E-state index contributed by atoms with van der Waals surface area (Å²) in [4.78, 5) is 47.4. The number of aromatic nitrogens is 1. The van der Waals surface area contributed by atoms with Gasteiger partial charge >= 0.3 is 0 Å². The van der Waals surface area contributed by atoms with Crippen molar-refractivity contribution in [2.45, 2.75) is 0 Å². The number of ether oxygens (including phenoxy) is 1. The van der Waals surface area contributed by atoms with Crippen LogP contribution in [0.15, 0.2) is 36.4 Å². The van der Waals surface area contributed by atoms with E-state index in [1.165, 1.54) is 4.90 Å². The van der Waals surface area contributed by atoms with Crippen LogP contribution in [0.4, 0.5) is 13.9 Å². The van der Waals surface area contributed by atoms with Crippen LogP contribution >= 0.6 is 11.3 Å². The maximum absolute atomic E-state index is 14.3. The first-order valence-electron chi connectivity index (χ1n) is 10.7. The molecule has 3 heterocycles. The zero-order valence-corrected chi connectivity index (χ0v) is 18.8. The molecule has 1 fully saturated rings. The van der Waals surface area contributed by atoms with E-state index < -0.39 is 35.9 Å². The van der Waals surface area contributed by atoms with Gasteiger partial charge in [0.05, 0.1) is 29.0 Å². The topological polar surface area (TPSA) is 83.1 Å². The van der Waals surface area contributed by atoms with Gasteiger partial charge in [-0.1, -0.05) is 23.5 Å². The van der Waals surface area contributed by atoms with Crippen molar-refractivity contribution in [3.63, 3.8) is 0 Å². The Balaban J connectivity index is 1.42. The molecule has 1 aromatic heterocycles. The molecule has 1 saturated heterocycles. The van der Waals surface area contributed by atoms with E-state index in [9.17, 15) is 23.2 Å². The average Bonchev–Trinajstić information content (AvgIpc) is 3.35. The number of benzene rings is 2. The molecule has 34 heavy (non-hydrogen) atoms. The highest BCUT2D eigenvalue weighted by atomic mass is 32.1. The lowest BCUT2D eigenvalue weighted by Crippen LogP contribution is -2.47. The molecule has 2 aliphatic heterocycles. The van der Waals surface area contributed by atoms with Crippen LogP contribution in [0, 0.1) is 11.6 Å². The van der Waals surface area contributed by atoms with Gasteiger partial charge in [-0.25, -0.2) is 13.8 Å². The summed E-state index contributed by atoms with van der Waals surface area (Å²) in [7, 11) is 0. The largest absolute Gasteiger partial charge is 0.379 e. The molecule has 0 aliphatic carbocycles. The van der Waals surface area contributed by atoms with Crippen LogP contribution in [0.5, 0.6) is 0 Å². The third-order valence-corrected chi connectivity index (χ3v) is 6.87. The highest BCUT2D eigenvalue weighted by molar-refractivity contribution is 7.22. The van der Waals surface area contributed by atoms with E-state index >= 15 is 0 Å². The SMILES string of the molecule is O=C1c2ccccc2C(=O)N1CC(=O)N(CCN1CCOCC1)c1nc2c(F)cc(F)cc2s1. The number of amides is 3. The predicted octanol–water partition coefficient (Wildman–Crippen LogP) is 2.54. The van der Waals surface area contributed by atoms with Gasteiger partial charge in [-0.15, -0.1) is 0 Å². The molecule has 5 rings (SSSR count). The van der Waals surface area contributed by atoms with Crippen molar-refractivity contribution in [3.8, 4) is 0 Å². The number of nitrogens with zero attached hydrogens (tertiary/aromatic N) is 4. The van der Waals surface area contributed by atoms with E-state index in [4.69, 9.17) is 4.74 Å². The van der Waals surface area contributed by atoms with Crippen LogP contribution in [0.2, 0.25) is 0 Å². The normalized spacial score (nSPS) is 16.4. The summed E-state index contributed by atoms with van der Waals surface area (Å²) in [6.07, 6.45) is 0. The van der Waals surface area contributed by atoms with Crippen molar-refractivity contribution in [1.82, 2.24) is 14.8 Å². The van der Waals surface area contributed by atoms with E-state index in [1.54, 1.807) is 24.3 Å². The molecule has 0 saturated carbocycles. The van der Waals surface area contributed by atoms with Crippen molar-refractivity contribution in [1.29, 1.82) is 0 Å². The maximum atomic E-state index is 14.3. The molecule has 3 aromatic rings. The zero-order valence-electron chi connectivity index (χ0n) is 18.0. The summed E-state index contributed by atoms with van der Waals surface area (Å²) in [5, 5.41) is 0.175. The number of imide groups is 1. The number of hydrogen-bond donors (Lipinski definition) is 0. The van der Waals surface area contributed by atoms with Gasteiger partial charge in [0.2, 0.25) is 5.91 Å². The summed E-state index contributed by atoms with van der Waals surface area (Å²) in [5.74, 6) is -3.18. The lowest BCUT2D eigenvalue weighted by Gasteiger charge is -2.29. The lowest BCUT2D eigenvalue weighted by atomic mass is 10.1. The predicted molar refractivity (Wildman–Crippen MR) is 121 cm³/mol. The van der Waals surface area contributed by atoms with Gasteiger partial charge in [-0.05, 0) is 18.2 Å². The first-order chi connectivity index (χ1) is 16.4. The van der Waals surface area contributed by atoms with E-state index in [0.29, 0.717) is 32.8 Å². The maximum Gasteiger partial charge on any atom is 0.262 e. The van der Waals surface area contributed by atoms with Gasteiger partial charge in [0.25, 0.3) is 11.8 Å². The Labute approximate surface area is 197 Å². The van der Waals surface area contributed by atoms with E-state index in [-0.39, 0.29) is 33.0 Å². The van der Waals surface area contributed by atoms with Gasteiger partial charge in [0.15, 0.2) is 10.9 Å². The Kier molecular flexibility index (Phi) is 6.07. The molecular formula is C23H20F2N4O4S. The lowest BCUT2D eigenvalue weighted by molar-refractivity contribution is -0.119. The Hall–Kier alpha value is -3.28. The molecule has 176 valence electrons. The van der Waals surface area contributed by atoms with Crippen molar-refractivity contribution < 1.29 is 27.9 Å². The smallest absolute Gasteiger partial charge is 0.262 e. The highest BCUT2D eigenvalue weighted by Gasteiger charge is 2.37. The second-order valence-electron chi connectivity index (χ2n) is 7.97. The van der Waals surface area contributed by atoms with Gasteiger partial charge in [-0.2, -0.15) is 0 Å². The van der Waals surface area contributed by atoms with Gasteiger partial charge in [0, 0.05) is 32.2 Å². The number of halogens is 2. The van der Waals surface area contributed by atoms with E-state index in [2.05, 4.69) is 9.88 Å². The number of rotatable bonds is 6. The molecule has 0 atom stereocenters. The molecule has 0 unspecified atom stereocenters. The third kappa shape index (κ3) is 4.17. The standard InChI is InChI=1S/C23H20F2N4O4S/c24-14-11-17(25)20-18(12-14)34-23(26-20)28(6-5-27-7-9-33-10-8-27)19(30)13-29-21(31)15-3-1-2-4-16(15)22(29)32/h1-4,11-12H,5-10,13H2. The van der Waals surface area contributed by atoms with E-state index in [1.807, 2.05) is 0 Å². The molecule has 0 N–H and O–H groups in total. The van der Waals surface area contributed by atoms with Crippen LogP contribution in [-0.4, -0.2) is 78.4 Å². The summed E-state index contributed by atoms with van der Waals surface area (Å²) in [5.41, 5.74) is 0.460. The number of fused-ring (bicyclic) bond motifs is 2. The van der Waals surface area contributed by atoms with Crippen LogP contribution in [-0.2, 0) is 9.53 Å². The molecule has 3 amide bonds. The van der Waals surface area contributed by atoms with Gasteiger partial charge in [-0.3, -0.25) is 29.1 Å². The average molecular weight is 487 g/mol. The minimum Gasteiger partial charge on any atom is -0.379 e. The van der Waals surface area contributed by atoms with Crippen molar-refractivity contribution in [3.05, 3.63) is 59.2 Å². The van der Waals surface area contributed by atoms with Crippen molar-refractivity contribution in [2.75, 3.05) is 50.8 Å². The van der Waals surface area contributed by atoms with Crippen LogP contribution in [0.25, 0.3) is 10.2 Å². The number of morpholine rings is 1. The second kappa shape index (κ2) is 9.16. The fourth-order valence-electron chi connectivity index (χ4n) is 4.06. The second-order valence-corrected chi connectivity index (χ2v) is 8.98. The van der Waals surface area contributed by atoms with Crippen LogP contribution in [0.1, 0.15) is 20.7 Å². The van der Waals surface area contributed by atoms with Gasteiger partial charge in [0.1, 0.15) is 17.9 Å². The molecule has 0 spiro atoms. The minimum atomic E-state index is -0.821. The number of carbonyl (C=O) groups excluding carboxylic acids is 3. The zero-order chi connectivity index (χ0) is 23.8. The molecule has 0 radical (unpaired) electrons. The summed E-state index contributed by atoms with van der Waals surface area (Å²) in [6.45, 7) is 2.75. The molecule has 8 nitrogen and oxygen atoms in total. The first-order valence-corrected chi connectivity index (χ1v) is 11.6. The minimum absolute atomic E-state index is 0.0358. The molecular weight excluding hydrogens is 466 g/mol. The fourth-order valence-corrected chi connectivity index (χ4v) is 5.11. The van der Waals surface area contributed by atoms with Crippen LogP contribution < -0.4 is 4.90 Å². The summed E-state index contributed by atoms with van der Waals surface area (Å²) >= 11 is 0.978. The summed E-state index contributed by atoms with van der Waals surface area (Å²) in [6, 6.07) is 8.29. The van der Waals surface area contributed by atoms with E-state index in [0.717, 1.165) is 28.4 Å². The number of hydrogen-bond acceptors (Lipinski definition) is 7. The van der Waals surface area contributed by atoms with Crippen molar-refractivity contribution in [2.24, 2.45) is 0 Å². The number of thiazole rings is 1. The fraction of sp³-hybridized carbons (Fsp3) is 0.304. The van der Waals surface area contributed by atoms with Crippen molar-refractivity contribution >= 4 is 44.4 Å². The molecule has 2 aliphatic rings. The monoisotopic (exact) mass is 486 g/mol. The van der Waals surface area contributed by atoms with Gasteiger partial charge < -0.3 is 4.74 Å². The first kappa shape index (κ1) is 22.5. The number of anilines is 1. The Bertz CT molecular complexity index is 1260. The Morgan fingerprint density at radius 1 is 1.09 bits per heavy atom. The Morgan fingerprint density at radius 3 is 2.44 bits per heavy atom. The number of carbonyl (C=O) groups is 3. The Morgan fingerprint density at radius 2 is 1.76 bits per heavy atom.